The summed E-state index contributed by atoms with van der Waals surface area (Å²) in [7, 11) is 2.04. The fraction of sp³-hybridized carbons (Fsp3) is 0.429. The SMILES string of the molecule is C=C/C=C(/c1cc(C(=O)NC(C)(C)C)cc(-c2ccc(C(C)C)cc2)n1)N(C)C(C)(C)C. The average Bonchev–Trinajstić information content (AvgIpc) is 2.69. The summed E-state index contributed by atoms with van der Waals surface area (Å²) in [4.78, 5) is 20.2. The van der Waals surface area contributed by atoms with Gasteiger partial charge in [0.2, 0.25) is 0 Å². The molecule has 0 saturated heterocycles. The number of aromatic nitrogens is 1. The molecule has 0 aliphatic rings. The molecule has 4 heteroatoms. The van der Waals surface area contributed by atoms with Gasteiger partial charge in [-0.1, -0.05) is 50.8 Å². The largest absolute Gasteiger partial charge is 0.368 e. The molecule has 0 bridgehead atoms. The summed E-state index contributed by atoms with van der Waals surface area (Å²) >= 11 is 0. The van der Waals surface area contributed by atoms with E-state index < -0.39 is 0 Å². The second-order valence-corrected chi connectivity index (χ2v) is 10.6. The van der Waals surface area contributed by atoms with Gasteiger partial charge in [0.1, 0.15) is 0 Å². The van der Waals surface area contributed by atoms with Crippen LogP contribution in [0.25, 0.3) is 17.0 Å². The molecule has 1 N–H and O–H groups in total. The lowest BCUT2D eigenvalue weighted by atomic mass is 9.99. The lowest BCUT2D eigenvalue weighted by Gasteiger charge is -2.36. The first-order valence-corrected chi connectivity index (χ1v) is 11.2. The summed E-state index contributed by atoms with van der Waals surface area (Å²) in [6, 6.07) is 12.2. The minimum Gasteiger partial charge on any atom is -0.368 e. The van der Waals surface area contributed by atoms with E-state index in [0.717, 1.165) is 22.6 Å². The van der Waals surface area contributed by atoms with Crippen molar-refractivity contribution >= 4 is 11.6 Å². The number of nitrogens with zero attached hydrogens (tertiary/aromatic N) is 2. The maximum atomic E-state index is 13.1. The van der Waals surface area contributed by atoms with Crippen LogP contribution in [0.3, 0.4) is 0 Å². The lowest BCUT2D eigenvalue weighted by Crippen LogP contribution is -2.40. The van der Waals surface area contributed by atoms with Crippen LogP contribution >= 0.6 is 0 Å². The summed E-state index contributed by atoms with van der Waals surface area (Å²) < 4.78 is 0. The molecule has 0 aliphatic carbocycles. The third kappa shape index (κ3) is 6.56. The molecule has 0 fully saturated rings. The van der Waals surface area contributed by atoms with Crippen molar-refractivity contribution in [1.82, 2.24) is 15.2 Å². The summed E-state index contributed by atoms with van der Waals surface area (Å²) in [6.45, 7) is 20.6. The number of carbonyl (C=O) groups is 1. The number of amides is 1. The topological polar surface area (TPSA) is 45.2 Å². The number of hydrogen-bond acceptors (Lipinski definition) is 3. The monoisotopic (exact) mass is 433 g/mol. The molecule has 0 saturated carbocycles. The minimum absolute atomic E-state index is 0.113. The highest BCUT2D eigenvalue weighted by molar-refractivity contribution is 5.96. The average molecular weight is 434 g/mol. The van der Waals surface area contributed by atoms with Gasteiger partial charge in [-0.15, -0.1) is 0 Å². The second kappa shape index (κ2) is 9.72. The van der Waals surface area contributed by atoms with Crippen LogP contribution < -0.4 is 5.32 Å². The zero-order chi connectivity index (χ0) is 24.3. The van der Waals surface area contributed by atoms with Crippen LogP contribution in [0.2, 0.25) is 0 Å². The van der Waals surface area contributed by atoms with E-state index in [1.807, 2.05) is 46.0 Å². The Morgan fingerprint density at radius 2 is 1.66 bits per heavy atom. The number of rotatable bonds is 6. The Kier molecular flexibility index (Phi) is 7.71. The predicted molar refractivity (Wildman–Crippen MR) is 137 cm³/mol. The number of benzene rings is 1. The van der Waals surface area contributed by atoms with Crippen molar-refractivity contribution in [3.63, 3.8) is 0 Å². The number of carbonyl (C=O) groups excluding carboxylic acids is 1. The van der Waals surface area contributed by atoms with E-state index in [1.54, 1.807) is 6.08 Å². The van der Waals surface area contributed by atoms with Crippen LogP contribution in [0.1, 0.15) is 82.9 Å². The quantitative estimate of drug-likeness (QED) is 0.518. The lowest BCUT2D eigenvalue weighted by molar-refractivity contribution is 0.0919. The molecule has 0 radical (unpaired) electrons. The predicted octanol–water partition coefficient (Wildman–Crippen LogP) is 6.66. The molecule has 2 rings (SSSR count). The van der Waals surface area contributed by atoms with Gasteiger partial charge in [0, 0.05) is 29.3 Å². The molecule has 2 aromatic rings. The van der Waals surface area contributed by atoms with Gasteiger partial charge in [-0.3, -0.25) is 4.79 Å². The first kappa shape index (κ1) is 25.4. The number of hydrogen-bond donors (Lipinski definition) is 1. The highest BCUT2D eigenvalue weighted by atomic mass is 16.1. The summed E-state index contributed by atoms with van der Waals surface area (Å²) in [6.07, 6.45) is 3.71. The van der Waals surface area contributed by atoms with Crippen LogP contribution in [0.15, 0.2) is 55.1 Å². The first-order valence-electron chi connectivity index (χ1n) is 11.2. The molecule has 4 nitrogen and oxygen atoms in total. The van der Waals surface area contributed by atoms with E-state index >= 15 is 0 Å². The Bertz CT molecular complexity index is 987. The van der Waals surface area contributed by atoms with Gasteiger partial charge >= 0.3 is 0 Å². The van der Waals surface area contributed by atoms with Crippen LogP contribution in [0.4, 0.5) is 0 Å². The molecule has 0 aliphatic heterocycles. The zero-order valence-electron chi connectivity index (χ0n) is 21.2. The third-order valence-corrected chi connectivity index (χ3v) is 5.35. The number of nitrogens with one attached hydrogen (secondary N) is 1. The summed E-state index contributed by atoms with van der Waals surface area (Å²) in [5, 5.41) is 3.08. The summed E-state index contributed by atoms with van der Waals surface area (Å²) in [5.74, 6) is 0.344. The molecule has 1 amide bonds. The van der Waals surface area contributed by atoms with Crippen molar-refractivity contribution in [2.75, 3.05) is 7.05 Å². The van der Waals surface area contributed by atoms with Gasteiger partial charge in [0.05, 0.1) is 17.1 Å². The van der Waals surface area contributed by atoms with Crippen molar-refractivity contribution in [2.45, 2.75) is 72.4 Å². The highest BCUT2D eigenvalue weighted by Crippen LogP contribution is 2.29. The molecule has 32 heavy (non-hydrogen) atoms. The summed E-state index contributed by atoms with van der Waals surface area (Å²) in [5.41, 5.74) is 4.82. The Labute approximate surface area is 194 Å². The number of allylic oxidation sites excluding steroid dienone is 2. The Morgan fingerprint density at radius 1 is 1.06 bits per heavy atom. The van der Waals surface area contributed by atoms with Crippen molar-refractivity contribution in [3.05, 3.63) is 72.0 Å². The van der Waals surface area contributed by atoms with Gasteiger partial charge in [0.25, 0.3) is 5.91 Å². The molecule has 0 unspecified atom stereocenters. The fourth-order valence-electron chi connectivity index (χ4n) is 3.23. The van der Waals surface area contributed by atoms with E-state index in [2.05, 4.69) is 75.7 Å². The van der Waals surface area contributed by atoms with E-state index in [9.17, 15) is 4.79 Å². The van der Waals surface area contributed by atoms with Crippen LogP contribution in [0, 0.1) is 0 Å². The molecular weight excluding hydrogens is 394 g/mol. The van der Waals surface area contributed by atoms with Crippen LogP contribution in [-0.4, -0.2) is 33.9 Å². The van der Waals surface area contributed by atoms with Crippen molar-refractivity contribution in [1.29, 1.82) is 0 Å². The van der Waals surface area contributed by atoms with Crippen molar-refractivity contribution < 1.29 is 4.79 Å². The molecule has 172 valence electrons. The van der Waals surface area contributed by atoms with E-state index in [4.69, 9.17) is 4.98 Å². The van der Waals surface area contributed by atoms with Gasteiger partial charge in [-0.05, 0) is 71.2 Å². The van der Waals surface area contributed by atoms with Gasteiger partial charge in [-0.2, -0.15) is 0 Å². The van der Waals surface area contributed by atoms with Gasteiger partial charge in [-0.25, -0.2) is 4.98 Å². The molecule has 0 spiro atoms. The maximum absolute atomic E-state index is 13.1. The Morgan fingerprint density at radius 3 is 2.12 bits per heavy atom. The molecule has 1 aromatic carbocycles. The van der Waals surface area contributed by atoms with Crippen molar-refractivity contribution in [3.8, 4) is 11.3 Å². The Balaban J connectivity index is 2.68. The second-order valence-electron chi connectivity index (χ2n) is 10.6. The van der Waals surface area contributed by atoms with Crippen molar-refractivity contribution in [2.24, 2.45) is 0 Å². The standard InChI is InChI=1S/C28H39N3O/c1-11-12-25(31(10)28(7,8)9)24-18-22(26(32)30-27(4,5)6)17-23(29-24)21-15-13-20(14-16-21)19(2)3/h11-19H,1H2,2-10H3,(H,30,32)/b25-12-. The molecule has 1 aromatic heterocycles. The Hall–Kier alpha value is -2.88. The smallest absolute Gasteiger partial charge is 0.251 e. The third-order valence-electron chi connectivity index (χ3n) is 5.35. The first-order chi connectivity index (χ1) is 14.7. The minimum atomic E-state index is -0.332. The normalized spacial score (nSPS) is 12.6. The molecule has 1 heterocycles. The van der Waals surface area contributed by atoms with Gasteiger partial charge < -0.3 is 10.2 Å². The molecular formula is C28H39N3O. The van der Waals surface area contributed by atoms with E-state index in [1.165, 1.54) is 5.56 Å². The number of pyridine rings is 1. The van der Waals surface area contributed by atoms with Crippen LogP contribution in [0.5, 0.6) is 0 Å². The highest BCUT2D eigenvalue weighted by Gasteiger charge is 2.23. The molecule has 0 atom stereocenters. The zero-order valence-corrected chi connectivity index (χ0v) is 21.2. The van der Waals surface area contributed by atoms with Gasteiger partial charge in [0.15, 0.2) is 0 Å². The van der Waals surface area contributed by atoms with E-state index in [-0.39, 0.29) is 17.0 Å². The fourth-order valence-corrected chi connectivity index (χ4v) is 3.23. The van der Waals surface area contributed by atoms with Crippen LogP contribution in [-0.2, 0) is 0 Å². The van der Waals surface area contributed by atoms with E-state index in [0.29, 0.717) is 11.5 Å². The maximum Gasteiger partial charge on any atom is 0.251 e.